The van der Waals surface area contributed by atoms with Gasteiger partial charge in [-0.2, -0.15) is 0 Å². The number of carbonyl (C=O) groups excluding carboxylic acids is 1. The first-order chi connectivity index (χ1) is 6.11. The summed E-state index contributed by atoms with van der Waals surface area (Å²) in [7, 11) is 0. The van der Waals surface area contributed by atoms with Crippen molar-refractivity contribution in [2.75, 3.05) is 0 Å². The molecule has 1 heterocycles. The van der Waals surface area contributed by atoms with Crippen LogP contribution in [0.15, 0.2) is 12.1 Å². The topological polar surface area (TPSA) is 67.3 Å². The van der Waals surface area contributed by atoms with E-state index in [-0.39, 0.29) is 6.42 Å². The van der Waals surface area contributed by atoms with E-state index in [1.54, 1.807) is 13.0 Å². The SMILES string of the molecule is Cc1cc(C=O)cc(CC(=O)O)n1. The van der Waals surface area contributed by atoms with Gasteiger partial charge in [-0.15, -0.1) is 0 Å². The summed E-state index contributed by atoms with van der Waals surface area (Å²) in [5.41, 5.74) is 1.53. The molecule has 0 aliphatic rings. The largest absolute Gasteiger partial charge is 0.481 e. The average Bonchev–Trinajstić information content (AvgIpc) is 2.01. The molecule has 0 aliphatic heterocycles. The molecule has 1 aromatic heterocycles. The number of carboxylic acids is 1. The Balaban J connectivity index is 3.01. The minimum atomic E-state index is -0.949. The first-order valence-corrected chi connectivity index (χ1v) is 3.76. The number of aryl methyl sites for hydroxylation is 1. The fraction of sp³-hybridized carbons (Fsp3) is 0.222. The lowest BCUT2D eigenvalue weighted by molar-refractivity contribution is -0.136. The maximum absolute atomic E-state index is 10.4. The summed E-state index contributed by atoms with van der Waals surface area (Å²) in [6.45, 7) is 1.72. The lowest BCUT2D eigenvalue weighted by Gasteiger charge is -1.99. The van der Waals surface area contributed by atoms with E-state index in [4.69, 9.17) is 5.11 Å². The number of aromatic nitrogens is 1. The van der Waals surface area contributed by atoms with E-state index in [1.807, 2.05) is 0 Å². The van der Waals surface area contributed by atoms with Crippen molar-refractivity contribution in [3.63, 3.8) is 0 Å². The van der Waals surface area contributed by atoms with E-state index in [2.05, 4.69) is 4.98 Å². The molecular formula is C9H9NO3. The Labute approximate surface area is 75.2 Å². The van der Waals surface area contributed by atoms with Gasteiger partial charge in [0.1, 0.15) is 6.29 Å². The molecule has 1 N–H and O–H groups in total. The molecule has 0 fully saturated rings. The lowest BCUT2D eigenvalue weighted by atomic mass is 10.2. The maximum Gasteiger partial charge on any atom is 0.309 e. The molecule has 0 saturated heterocycles. The van der Waals surface area contributed by atoms with Crippen molar-refractivity contribution in [3.05, 3.63) is 29.1 Å². The quantitative estimate of drug-likeness (QED) is 0.698. The zero-order valence-corrected chi connectivity index (χ0v) is 7.15. The number of rotatable bonds is 3. The zero-order chi connectivity index (χ0) is 9.84. The summed E-state index contributed by atoms with van der Waals surface area (Å²) in [4.78, 5) is 24.8. The summed E-state index contributed by atoms with van der Waals surface area (Å²) in [6, 6.07) is 3.09. The summed E-state index contributed by atoms with van der Waals surface area (Å²) < 4.78 is 0. The maximum atomic E-state index is 10.4. The van der Waals surface area contributed by atoms with E-state index >= 15 is 0 Å². The van der Waals surface area contributed by atoms with Crippen LogP contribution in [0.25, 0.3) is 0 Å². The third kappa shape index (κ3) is 2.66. The number of hydrogen-bond acceptors (Lipinski definition) is 3. The van der Waals surface area contributed by atoms with Crippen molar-refractivity contribution in [1.82, 2.24) is 4.98 Å². The number of aldehydes is 1. The molecule has 68 valence electrons. The molecule has 0 saturated carbocycles. The Bertz CT molecular complexity index is 347. The third-order valence-electron chi connectivity index (χ3n) is 1.50. The molecule has 0 amide bonds. The Morgan fingerprint density at radius 1 is 1.62 bits per heavy atom. The van der Waals surface area contributed by atoms with Crippen molar-refractivity contribution in [2.45, 2.75) is 13.3 Å². The Kier molecular flexibility index (Phi) is 2.74. The molecule has 0 atom stereocenters. The first-order valence-electron chi connectivity index (χ1n) is 3.76. The summed E-state index contributed by atoms with van der Waals surface area (Å²) >= 11 is 0. The highest BCUT2D eigenvalue weighted by atomic mass is 16.4. The molecule has 0 bridgehead atoms. The molecule has 0 spiro atoms. The van der Waals surface area contributed by atoms with Crippen LogP contribution in [0.2, 0.25) is 0 Å². The van der Waals surface area contributed by atoms with Crippen LogP contribution in [0, 0.1) is 6.92 Å². The second-order valence-corrected chi connectivity index (χ2v) is 2.72. The van der Waals surface area contributed by atoms with Crippen LogP contribution in [0.3, 0.4) is 0 Å². The van der Waals surface area contributed by atoms with Gasteiger partial charge < -0.3 is 5.11 Å². The van der Waals surface area contributed by atoms with Crippen LogP contribution in [-0.2, 0) is 11.2 Å². The molecule has 4 nitrogen and oxygen atoms in total. The molecular weight excluding hydrogens is 170 g/mol. The fourth-order valence-corrected chi connectivity index (χ4v) is 1.08. The van der Waals surface area contributed by atoms with Crippen LogP contribution in [0.4, 0.5) is 0 Å². The normalized spacial score (nSPS) is 9.62. The molecule has 0 aromatic carbocycles. The van der Waals surface area contributed by atoms with E-state index in [9.17, 15) is 9.59 Å². The molecule has 1 rings (SSSR count). The highest BCUT2D eigenvalue weighted by Crippen LogP contribution is 2.04. The van der Waals surface area contributed by atoms with E-state index < -0.39 is 5.97 Å². The van der Waals surface area contributed by atoms with Gasteiger partial charge >= 0.3 is 5.97 Å². The van der Waals surface area contributed by atoms with Crippen LogP contribution >= 0.6 is 0 Å². The van der Waals surface area contributed by atoms with E-state index in [0.717, 1.165) is 0 Å². The standard InChI is InChI=1S/C9H9NO3/c1-6-2-7(5-11)3-8(10-6)4-9(12)13/h2-3,5H,4H2,1H3,(H,12,13). The van der Waals surface area contributed by atoms with Crippen LogP contribution in [-0.4, -0.2) is 22.3 Å². The van der Waals surface area contributed by atoms with Gasteiger partial charge in [0.2, 0.25) is 0 Å². The van der Waals surface area contributed by atoms with Gasteiger partial charge in [-0.25, -0.2) is 0 Å². The summed E-state index contributed by atoms with van der Waals surface area (Å²) in [5, 5.41) is 8.49. The predicted molar refractivity (Wildman–Crippen MR) is 45.7 cm³/mol. The highest BCUT2D eigenvalue weighted by Gasteiger charge is 2.03. The van der Waals surface area contributed by atoms with Crippen molar-refractivity contribution < 1.29 is 14.7 Å². The van der Waals surface area contributed by atoms with Crippen molar-refractivity contribution in [1.29, 1.82) is 0 Å². The molecule has 1 aromatic rings. The lowest BCUT2D eigenvalue weighted by Crippen LogP contribution is -2.04. The zero-order valence-electron chi connectivity index (χ0n) is 7.15. The van der Waals surface area contributed by atoms with Gasteiger partial charge in [0.05, 0.1) is 12.1 Å². The number of carbonyl (C=O) groups is 2. The first kappa shape index (κ1) is 9.38. The number of hydrogen-bond donors (Lipinski definition) is 1. The molecule has 0 aliphatic carbocycles. The highest BCUT2D eigenvalue weighted by molar-refractivity contribution is 5.76. The molecule has 0 unspecified atom stereocenters. The second kappa shape index (κ2) is 3.80. The number of nitrogens with zero attached hydrogens (tertiary/aromatic N) is 1. The van der Waals surface area contributed by atoms with Gasteiger partial charge in [0, 0.05) is 11.3 Å². The van der Waals surface area contributed by atoms with Gasteiger partial charge in [0.25, 0.3) is 0 Å². The van der Waals surface area contributed by atoms with E-state index in [1.165, 1.54) is 6.07 Å². The Morgan fingerprint density at radius 3 is 2.85 bits per heavy atom. The Hall–Kier alpha value is -1.71. The van der Waals surface area contributed by atoms with Gasteiger partial charge in [0.15, 0.2) is 0 Å². The van der Waals surface area contributed by atoms with Crippen LogP contribution in [0.1, 0.15) is 21.7 Å². The van der Waals surface area contributed by atoms with Gasteiger partial charge in [-0.1, -0.05) is 0 Å². The number of pyridine rings is 1. The monoisotopic (exact) mass is 179 g/mol. The van der Waals surface area contributed by atoms with Crippen LogP contribution < -0.4 is 0 Å². The summed E-state index contributed by atoms with van der Waals surface area (Å²) in [5.74, 6) is -0.949. The van der Waals surface area contributed by atoms with Crippen molar-refractivity contribution >= 4 is 12.3 Å². The van der Waals surface area contributed by atoms with Crippen LogP contribution in [0.5, 0.6) is 0 Å². The fourth-order valence-electron chi connectivity index (χ4n) is 1.08. The Morgan fingerprint density at radius 2 is 2.31 bits per heavy atom. The molecule has 4 heteroatoms. The minimum absolute atomic E-state index is 0.150. The third-order valence-corrected chi connectivity index (χ3v) is 1.50. The smallest absolute Gasteiger partial charge is 0.309 e. The number of carboxylic acid groups (broad SMARTS) is 1. The molecule has 0 radical (unpaired) electrons. The summed E-state index contributed by atoms with van der Waals surface area (Å²) in [6.07, 6.45) is 0.530. The molecule has 13 heavy (non-hydrogen) atoms. The average molecular weight is 179 g/mol. The van der Waals surface area contributed by atoms with E-state index in [0.29, 0.717) is 23.2 Å². The van der Waals surface area contributed by atoms with Crippen molar-refractivity contribution in [2.24, 2.45) is 0 Å². The predicted octanol–water partition coefficient (Wildman–Crippen LogP) is 0.830. The minimum Gasteiger partial charge on any atom is -0.481 e. The van der Waals surface area contributed by atoms with Crippen molar-refractivity contribution in [3.8, 4) is 0 Å². The number of aliphatic carboxylic acids is 1. The van der Waals surface area contributed by atoms with Gasteiger partial charge in [-0.3, -0.25) is 14.6 Å². The second-order valence-electron chi connectivity index (χ2n) is 2.72. The van der Waals surface area contributed by atoms with Gasteiger partial charge in [-0.05, 0) is 19.1 Å².